The standard InChI is InChI=1S/C21H24N8OS.C18H19N7O3S2.2C17H15N7O2S2.CH2O2/c1-3-28(4-2)9-10-29-13-17(19(27-29)16-7-5-6-8-22-16)25-20(30)18-14-31-21(26-18)15-11-23-24-12-15;1-27-5-6-28-4-3-25-10-13(15(24-25)18-19-2-7-29-18)22-16(26)14-11-30-17(23-14)12-8-20-21-9-12;2*25-15(13-9-28-16(22-13)10-5-19-20-6-10)21-12-7-24(11-1-3-26-8-11)23-14(12)17-18-2-4-27-17;2-1-3/h5-8,11-14H,3-4,9-10H2,1-2H3,(H,23,24)(H,25,30);2,7-11H,3-6H2,1H3,(H,20,21)(H,22,26);2*2,4-7,9,11H,1,3,8H2,(H,19,20)(H,21,25);1H,(H,2,3). The van der Waals surface area contributed by atoms with Crippen LogP contribution in [0.2, 0.25) is 0 Å². The van der Waals surface area contributed by atoms with E-state index >= 15 is 0 Å². The lowest BCUT2D eigenvalue weighted by Crippen LogP contribution is -2.27. The third kappa shape index (κ3) is 21.6. The maximum Gasteiger partial charge on any atom is 0.290 e. The Morgan fingerprint density at radius 1 is 0.500 bits per heavy atom. The summed E-state index contributed by atoms with van der Waals surface area (Å²) in [6.45, 7) is 12.4. The van der Waals surface area contributed by atoms with Gasteiger partial charge in [-0.05, 0) is 38.1 Å². The molecule has 2 saturated heterocycles. The third-order valence-electron chi connectivity index (χ3n) is 17.7. The predicted octanol–water partition coefficient (Wildman–Crippen LogP) is 12.0. The highest BCUT2D eigenvalue weighted by Crippen LogP contribution is 2.36. The minimum Gasteiger partial charge on any atom is -0.483 e. The van der Waals surface area contributed by atoms with Crippen LogP contribution in [0.25, 0.3) is 85.8 Å². The summed E-state index contributed by atoms with van der Waals surface area (Å²) in [6, 6.07) is 5.96. The number of thiazole rings is 7. The third-order valence-corrected chi connectivity index (χ3v) is 23.6. The molecule has 0 spiro atoms. The number of amides is 4. The number of hydrogen-bond donors (Lipinski definition) is 9. The molecule has 4 amide bonds. The topological polar surface area (TPSA) is 483 Å². The molecule has 16 aromatic heterocycles. The highest BCUT2D eigenvalue weighted by atomic mass is 32.1. The molecule has 2 fully saturated rings. The van der Waals surface area contributed by atoms with Crippen LogP contribution >= 0.6 is 79.4 Å². The number of aromatic amines is 4. The number of likely N-dealkylation sites (N-methyl/N-ethyl adjacent to an activating group) is 1. The molecule has 0 aliphatic carbocycles. The average molecular weight is 1760 g/mol. The predicted molar refractivity (Wildman–Crippen MR) is 454 cm³/mol. The van der Waals surface area contributed by atoms with Crippen molar-refractivity contribution >= 4 is 132 Å². The summed E-state index contributed by atoms with van der Waals surface area (Å²) >= 11 is 9.98. The number of H-pyrrole nitrogens is 4. The van der Waals surface area contributed by atoms with Gasteiger partial charge in [0.1, 0.15) is 80.6 Å². The number of carboxylic acid groups (broad SMARTS) is 1. The van der Waals surface area contributed by atoms with Crippen molar-refractivity contribution in [2.45, 2.75) is 51.9 Å². The molecule has 46 heteroatoms. The number of methoxy groups -OCH3 is 1. The lowest BCUT2D eigenvalue weighted by molar-refractivity contribution is -0.122. The van der Waals surface area contributed by atoms with E-state index < -0.39 is 0 Å². The Bertz CT molecular complexity index is 5650. The van der Waals surface area contributed by atoms with E-state index in [9.17, 15) is 19.2 Å². The molecule has 0 aromatic carbocycles. The average Bonchev–Trinajstić information content (AvgIpc) is 1.65. The van der Waals surface area contributed by atoms with E-state index in [2.05, 4.69) is 136 Å². The fourth-order valence-electron chi connectivity index (χ4n) is 11.7. The van der Waals surface area contributed by atoms with Crippen LogP contribution in [-0.2, 0) is 36.8 Å². The molecule has 9 N–H and O–H groups in total. The molecule has 2 aliphatic heterocycles. The van der Waals surface area contributed by atoms with Gasteiger partial charge in [-0.1, -0.05) is 19.9 Å². The molecule has 120 heavy (non-hydrogen) atoms. The second kappa shape index (κ2) is 41.7. The van der Waals surface area contributed by atoms with E-state index in [0.29, 0.717) is 127 Å². The van der Waals surface area contributed by atoms with E-state index in [1.54, 1.807) is 114 Å². The van der Waals surface area contributed by atoms with Crippen molar-refractivity contribution in [1.82, 2.24) is 125 Å². The summed E-state index contributed by atoms with van der Waals surface area (Å²) in [5.74, 6) is -1.17. The van der Waals surface area contributed by atoms with Gasteiger partial charge in [-0.15, -0.1) is 79.4 Å². The van der Waals surface area contributed by atoms with Crippen LogP contribution in [0, 0.1) is 0 Å². The van der Waals surface area contributed by atoms with E-state index in [1.807, 2.05) is 67.0 Å². The smallest absolute Gasteiger partial charge is 0.290 e. The summed E-state index contributed by atoms with van der Waals surface area (Å²) in [7, 11) is 1.63. The Morgan fingerprint density at radius 2 is 0.892 bits per heavy atom. The minimum atomic E-state index is -0.310. The van der Waals surface area contributed by atoms with Gasteiger partial charge in [-0.3, -0.25) is 68.1 Å². The zero-order valence-corrected chi connectivity index (χ0v) is 69.7. The number of hydrogen-bond acceptors (Lipinski definition) is 33. The molecule has 2 unspecified atom stereocenters. The van der Waals surface area contributed by atoms with Gasteiger partial charge in [0, 0.05) is 161 Å². The maximum atomic E-state index is 12.9. The second-order valence-corrected chi connectivity index (χ2v) is 31.6. The van der Waals surface area contributed by atoms with Crippen LogP contribution in [0.15, 0.2) is 155 Å². The van der Waals surface area contributed by atoms with E-state index in [1.165, 1.54) is 79.4 Å². The first-order valence-electron chi connectivity index (χ1n) is 36.9. The number of pyridine rings is 1. The van der Waals surface area contributed by atoms with E-state index in [4.69, 9.17) is 33.9 Å². The van der Waals surface area contributed by atoms with Gasteiger partial charge in [-0.25, -0.2) is 34.9 Å². The van der Waals surface area contributed by atoms with Crippen LogP contribution in [0.3, 0.4) is 0 Å². The molecule has 0 bridgehead atoms. The largest absolute Gasteiger partial charge is 0.483 e. The molecule has 39 nitrogen and oxygen atoms in total. The minimum absolute atomic E-state index is 0.163. The normalized spacial score (nSPS) is 13.5. The molecule has 2 atom stereocenters. The van der Waals surface area contributed by atoms with Crippen LogP contribution in [0.4, 0.5) is 22.7 Å². The summed E-state index contributed by atoms with van der Waals surface area (Å²) in [6.07, 6.45) is 29.7. The van der Waals surface area contributed by atoms with Crippen molar-refractivity contribution in [1.29, 1.82) is 0 Å². The Kier molecular flexibility index (Phi) is 29.1. The molecule has 18 heterocycles. The monoisotopic (exact) mass is 1750 g/mol. The Labute approximate surface area is 709 Å². The number of anilines is 4. The van der Waals surface area contributed by atoms with Crippen molar-refractivity contribution < 1.29 is 48.0 Å². The van der Waals surface area contributed by atoms with Crippen molar-refractivity contribution in [2.75, 3.05) is 94.3 Å². The summed E-state index contributed by atoms with van der Waals surface area (Å²) in [5.41, 5.74) is 10.4. The van der Waals surface area contributed by atoms with Crippen LogP contribution in [0.5, 0.6) is 0 Å². The molecular weight excluding hydrogens is 1680 g/mol. The molecule has 0 radical (unpaired) electrons. The highest BCUT2D eigenvalue weighted by Gasteiger charge is 2.28. The molecular formula is C74H75N29O10S7. The number of carbonyl (C=O) groups is 5. The quantitative estimate of drug-likeness (QED) is 0.0155. The van der Waals surface area contributed by atoms with Crippen molar-refractivity contribution in [3.8, 4) is 85.8 Å². The van der Waals surface area contributed by atoms with Crippen molar-refractivity contribution in [3.05, 3.63) is 178 Å². The first-order chi connectivity index (χ1) is 58.9. The van der Waals surface area contributed by atoms with Gasteiger partial charge in [-0.2, -0.15) is 40.8 Å². The molecule has 2 aliphatic rings. The van der Waals surface area contributed by atoms with Gasteiger partial charge < -0.3 is 50.2 Å². The number of ether oxygens (including phenoxy) is 4. The van der Waals surface area contributed by atoms with Crippen LogP contribution < -0.4 is 21.3 Å². The Balaban J connectivity index is 0.000000130. The zero-order chi connectivity index (χ0) is 82.9. The van der Waals surface area contributed by atoms with Gasteiger partial charge in [0.15, 0.2) is 0 Å². The second-order valence-electron chi connectivity index (χ2n) is 25.5. The SMILES string of the molecule is CCN(CC)CCn1cc(NC(=O)c2csc(-c3cn[nH]c3)n2)c(-c2ccccn2)n1.COCCOCCn1cc(NC(=O)c2csc(-c3cn[nH]c3)n2)c(-c2nccs2)n1.O=C(Nc1cn(C2CCOC2)nc1-c1nccs1)c1csc(-c2cn[nH]c2)n1.O=C(Nc1cn(C2CCOC2)nc1-c1nccs1)c1csc(-c2cn[nH]c2)n1.O=CO. The number of nitrogens with one attached hydrogen (secondary N) is 8. The molecule has 18 rings (SSSR count). The Hall–Kier alpha value is -12.6. The maximum absolute atomic E-state index is 12.9. The fraction of sp³-hybridized carbons (Fsp3) is 0.257. The number of nitrogens with zero attached hydrogens (tertiary/aromatic N) is 21. The Morgan fingerprint density at radius 3 is 1.24 bits per heavy atom. The lowest BCUT2D eigenvalue weighted by atomic mass is 10.2. The van der Waals surface area contributed by atoms with Crippen LogP contribution in [-0.4, -0.2) is 233 Å². The molecule has 618 valence electrons. The zero-order valence-electron chi connectivity index (χ0n) is 64.0. The molecule has 0 saturated carbocycles. The van der Waals surface area contributed by atoms with Crippen LogP contribution in [0.1, 0.15) is 80.7 Å². The van der Waals surface area contributed by atoms with Crippen molar-refractivity contribution in [2.24, 2.45) is 0 Å². The summed E-state index contributed by atoms with van der Waals surface area (Å²) in [5, 5.41) is 81.6. The van der Waals surface area contributed by atoms with E-state index in [-0.39, 0.29) is 42.2 Å². The number of aromatic nitrogens is 24. The van der Waals surface area contributed by atoms with Gasteiger partial charge in [0.2, 0.25) is 0 Å². The fourth-order valence-corrected chi connectivity index (χ4v) is 16.7. The number of carbonyl (C=O) groups excluding carboxylic acids is 4. The van der Waals surface area contributed by atoms with Gasteiger partial charge in [0.25, 0.3) is 30.1 Å². The first-order valence-corrected chi connectivity index (χ1v) is 43.1. The van der Waals surface area contributed by atoms with Gasteiger partial charge >= 0.3 is 0 Å². The van der Waals surface area contributed by atoms with Crippen molar-refractivity contribution in [3.63, 3.8) is 0 Å². The summed E-state index contributed by atoms with van der Waals surface area (Å²) < 4.78 is 28.7. The lowest BCUT2D eigenvalue weighted by Gasteiger charge is -2.17. The first kappa shape index (κ1) is 83.9. The number of rotatable bonds is 29. The summed E-state index contributed by atoms with van der Waals surface area (Å²) in [4.78, 5) is 97.0. The highest BCUT2D eigenvalue weighted by molar-refractivity contribution is 7.15. The molecule has 16 aromatic rings. The van der Waals surface area contributed by atoms with Gasteiger partial charge in [0.05, 0.1) is 111 Å². The van der Waals surface area contributed by atoms with E-state index in [0.717, 1.165) is 96.3 Å².